The minimum absolute atomic E-state index is 0.193. The molecule has 0 aliphatic carbocycles. The van der Waals surface area contributed by atoms with E-state index in [1.165, 1.54) is 23.5 Å². The number of halogens is 1. The summed E-state index contributed by atoms with van der Waals surface area (Å²) >= 11 is 1.49. The maximum Gasteiger partial charge on any atom is 0.180 e. The van der Waals surface area contributed by atoms with Crippen LogP contribution in [0.15, 0.2) is 30.5 Å². The van der Waals surface area contributed by atoms with Crippen LogP contribution in [0.25, 0.3) is 0 Å². The second-order valence-corrected chi connectivity index (χ2v) is 4.86. The summed E-state index contributed by atoms with van der Waals surface area (Å²) in [6, 6.07) is 6.59. The molecule has 2 rings (SSSR count). The molecule has 3 N–H and O–H groups in total. The lowest BCUT2D eigenvalue weighted by Gasteiger charge is -2.03. The number of thiazole rings is 1. The SMILES string of the molecule is Nc1ncc(CNCCc2ccc(F)cc2)s1. The van der Waals surface area contributed by atoms with Crippen LogP contribution in [0.4, 0.5) is 9.52 Å². The van der Waals surface area contributed by atoms with E-state index in [9.17, 15) is 4.39 Å². The van der Waals surface area contributed by atoms with Gasteiger partial charge in [0.25, 0.3) is 0 Å². The van der Waals surface area contributed by atoms with E-state index in [1.54, 1.807) is 6.20 Å². The molecule has 17 heavy (non-hydrogen) atoms. The van der Waals surface area contributed by atoms with E-state index in [0.29, 0.717) is 5.13 Å². The fourth-order valence-corrected chi connectivity index (χ4v) is 2.15. The fourth-order valence-electron chi connectivity index (χ4n) is 1.50. The zero-order valence-corrected chi connectivity index (χ0v) is 10.1. The van der Waals surface area contributed by atoms with Crippen molar-refractivity contribution in [3.63, 3.8) is 0 Å². The first kappa shape index (κ1) is 12.0. The molecule has 0 saturated carbocycles. The molecular weight excluding hydrogens is 237 g/mol. The van der Waals surface area contributed by atoms with Crippen LogP contribution in [0, 0.1) is 5.82 Å². The van der Waals surface area contributed by atoms with Crippen LogP contribution in [0.5, 0.6) is 0 Å². The second-order valence-electron chi connectivity index (χ2n) is 3.72. The molecule has 0 fully saturated rings. The molecule has 90 valence electrons. The number of nitrogen functional groups attached to an aromatic ring is 1. The van der Waals surface area contributed by atoms with Crippen molar-refractivity contribution < 1.29 is 4.39 Å². The molecule has 1 heterocycles. The molecule has 0 saturated heterocycles. The molecule has 5 heteroatoms. The number of aromatic nitrogens is 1. The highest BCUT2D eigenvalue weighted by Crippen LogP contribution is 2.13. The molecule has 0 unspecified atom stereocenters. The summed E-state index contributed by atoms with van der Waals surface area (Å²) in [5.41, 5.74) is 6.66. The summed E-state index contributed by atoms with van der Waals surface area (Å²) < 4.78 is 12.7. The second kappa shape index (κ2) is 5.75. The first-order chi connectivity index (χ1) is 8.24. The van der Waals surface area contributed by atoms with Crippen molar-refractivity contribution in [2.75, 3.05) is 12.3 Å². The Kier molecular flexibility index (Phi) is 4.06. The van der Waals surface area contributed by atoms with Gasteiger partial charge in [-0.1, -0.05) is 12.1 Å². The van der Waals surface area contributed by atoms with Gasteiger partial charge in [-0.2, -0.15) is 0 Å². The quantitative estimate of drug-likeness (QED) is 0.801. The van der Waals surface area contributed by atoms with Crippen LogP contribution < -0.4 is 11.1 Å². The third-order valence-corrected chi connectivity index (χ3v) is 3.20. The lowest BCUT2D eigenvalue weighted by atomic mass is 10.1. The predicted octanol–water partition coefficient (Wildman–Crippen LogP) is 2.20. The van der Waals surface area contributed by atoms with Gasteiger partial charge in [-0.25, -0.2) is 9.37 Å². The minimum atomic E-state index is -0.193. The third-order valence-electron chi connectivity index (χ3n) is 2.37. The van der Waals surface area contributed by atoms with Crippen LogP contribution >= 0.6 is 11.3 Å². The number of nitrogens with zero attached hydrogens (tertiary/aromatic N) is 1. The van der Waals surface area contributed by atoms with Gasteiger partial charge < -0.3 is 11.1 Å². The molecule has 0 amide bonds. The fraction of sp³-hybridized carbons (Fsp3) is 0.250. The van der Waals surface area contributed by atoms with Crippen molar-refractivity contribution in [1.82, 2.24) is 10.3 Å². The van der Waals surface area contributed by atoms with Gasteiger partial charge in [-0.15, -0.1) is 11.3 Å². The number of nitrogens with two attached hydrogens (primary N) is 1. The zero-order valence-electron chi connectivity index (χ0n) is 9.32. The number of nitrogens with one attached hydrogen (secondary N) is 1. The van der Waals surface area contributed by atoms with Crippen molar-refractivity contribution in [3.8, 4) is 0 Å². The van der Waals surface area contributed by atoms with Crippen molar-refractivity contribution >= 4 is 16.5 Å². The van der Waals surface area contributed by atoms with Crippen molar-refractivity contribution in [2.24, 2.45) is 0 Å². The Morgan fingerprint density at radius 1 is 1.29 bits per heavy atom. The molecule has 0 spiro atoms. The van der Waals surface area contributed by atoms with Crippen molar-refractivity contribution in [2.45, 2.75) is 13.0 Å². The van der Waals surface area contributed by atoms with E-state index in [0.717, 1.165) is 30.0 Å². The minimum Gasteiger partial charge on any atom is -0.375 e. The highest BCUT2D eigenvalue weighted by atomic mass is 32.1. The van der Waals surface area contributed by atoms with Crippen LogP contribution in [0.2, 0.25) is 0 Å². The summed E-state index contributed by atoms with van der Waals surface area (Å²) in [6.07, 6.45) is 2.67. The molecule has 0 bridgehead atoms. The van der Waals surface area contributed by atoms with Gasteiger partial charge in [0.05, 0.1) is 0 Å². The molecule has 2 aromatic rings. The van der Waals surface area contributed by atoms with E-state index in [4.69, 9.17) is 5.73 Å². The van der Waals surface area contributed by atoms with Crippen LogP contribution in [-0.4, -0.2) is 11.5 Å². The van der Waals surface area contributed by atoms with Gasteiger partial charge in [0.2, 0.25) is 0 Å². The Hall–Kier alpha value is -1.46. The lowest BCUT2D eigenvalue weighted by molar-refractivity contribution is 0.626. The van der Waals surface area contributed by atoms with Gasteiger partial charge in [-0.3, -0.25) is 0 Å². The molecule has 0 radical (unpaired) electrons. The standard InChI is InChI=1S/C12H14FN3S/c13-10-3-1-9(2-4-10)5-6-15-7-11-8-16-12(14)17-11/h1-4,8,15H,5-7H2,(H2,14,16). The summed E-state index contributed by atoms with van der Waals surface area (Å²) in [6.45, 7) is 1.62. The summed E-state index contributed by atoms with van der Waals surface area (Å²) in [5, 5.41) is 3.90. The number of benzene rings is 1. The topological polar surface area (TPSA) is 50.9 Å². The molecule has 1 aromatic heterocycles. The maximum absolute atomic E-state index is 12.7. The van der Waals surface area contributed by atoms with E-state index in [2.05, 4.69) is 10.3 Å². The molecule has 1 aromatic carbocycles. The van der Waals surface area contributed by atoms with Crippen molar-refractivity contribution in [3.05, 3.63) is 46.7 Å². The molecule has 0 atom stereocenters. The normalized spacial score (nSPS) is 10.6. The molecular formula is C12H14FN3S. The predicted molar refractivity (Wildman–Crippen MR) is 68.3 cm³/mol. The monoisotopic (exact) mass is 251 g/mol. The number of rotatable bonds is 5. The highest BCUT2D eigenvalue weighted by Gasteiger charge is 1.98. The van der Waals surface area contributed by atoms with Crippen LogP contribution in [0.3, 0.4) is 0 Å². The Morgan fingerprint density at radius 2 is 2.06 bits per heavy atom. The zero-order chi connectivity index (χ0) is 12.1. The summed E-state index contributed by atoms with van der Waals surface area (Å²) in [7, 11) is 0. The van der Waals surface area contributed by atoms with Gasteiger partial charge in [0.1, 0.15) is 5.82 Å². The number of anilines is 1. The van der Waals surface area contributed by atoms with Crippen molar-refractivity contribution in [1.29, 1.82) is 0 Å². The van der Waals surface area contributed by atoms with Gasteiger partial charge in [-0.05, 0) is 30.7 Å². The first-order valence-corrected chi connectivity index (χ1v) is 6.21. The molecule has 3 nitrogen and oxygen atoms in total. The lowest BCUT2D eigenvalue weighted by Crippen LogP contribution is -2.15. The van der Waals surface area contributed by atoms with Crippen LogP contribution in [-0.2, 0) is 13.0 Å². The molecule has 0 aliphatic heterocycles. The largest absolute Gasteiger partial charge is 0.375 e. The average Bonchev–Trinajstić information content (AvgIpc) is 2.73. The molecule has 0 aliphatic rings. The smallest absolute Gasteiger partial charge is 0.180 e. The van der Waals surface area contributed by atoms with Crippen LogP contribution in [0.1, 0.15) is 10.4 Å². The summed E-state index contributed by atoms with van der Waals surface area (Å²) in [4.78, 5) is 5.10. The van der Waals surface area contributed by atoms with E-state index < -0.39 is 0 Å². The Morgan fingerprint density at radius 3 is 2.71 bits per heavy atom. The third kappa shape index (κ3) is 3.80. The summed E-state index contributed by atoms with van der Waals surface area (Å²) in [5.74, 6) is -0.193. The number of hydrogen-bond acceptors (Lipinski definition) is 4. The van der Waals surface area contributed by atoms with Gasteiger partial charge >= 0.3 is 0 Å². The number of hydrogen-bond donors (Lipinski definition) is 2. The highest BCUT2D eigenvalue weighted by molar-refractivity contribution is 7.15. The Balaban J connectivity index is 1.71. The maximum atomic E-state index is 12.7. The van der Waals surface area contributed by atoms with Gasteiger partial charge in [0, 0.05) is 17.6 Å². The van der Waals surface area contributed by atoms with E-state index >= 15 is 0 Å². The van der Waals surface area contributed by atoms with Gasteiger partial charge in [0.15, 0.2) is 5.13 Å². The Bertz CT molecular complexity index is 467. The van der Waals surface area contributed by atoms with E-state index in [-0.39, 0.29) is 5.82 Å². The first-order valence-electron chi connectivity index (χ1n) is 5.39. The Labute approximate surface area is 103 Å². The average molecular weight is 251 g/mol. The van der Waals surface area contributed by atoms with E-state index in [1.807, 2.05) is 12.1 Å².